The van der Waals surface area contributed by atoms with Crippen molar-refractivity contribution in [1.29, 1.82) is 0 Å². The molecule has 0 spiro atoms. The van der Waals surface area contributed by atoms with Crippen molar-refractivity contribution in [2.75, 3.05) is 6.61 Å². The third-order valence-corrected chi connectivity index (χ3v) is 2.93. The molecule has 2 aromatic heterocycles. The van der Waals surface area contributed by atoms with Crippen LogP contribution in [-0.2, 0) is 7.05 Å². The number of hydrogen-bond acceptors (Lipinski definition) is 4. The quantitative estimate of drug-likeness (QED) is 0.823. The first-order valence-corrected chi connectivity index (χ1v) is 5.52. The van der Waals surface area contributed by atoms with Crippen molar-refractivity contribution >= 4 is 11.3 Å². The van der Waals surface area contributed by atoms with Crippen LogP contribution in [0.15, 0.2) is 22.9 Å². The van der Waals surface area contributed by atoms with Gasteiger partial charge in [-0.05, 0) is 17.5 Å². The zero-order chi connectivity index (χ0) is 10.8. The summed E-state index contributed by atoms with van der Waals surface area (Å²) in [5.41, 5.74) is 2.48. The molecule has 0 aliphatic rings. The lowest BCUT2D eigenvalue weighted by atomic mass is 10.2. The molecular weight excluding hydrogens is 212 g/mol. The second-order valence-corrected chi connectivity index (χ2v) is 4.07. The Balaban J connectivity index is 2.37. The van der Waals surface area contributed by atoms with Gasteiger partial charge in [-0.2, -0.15) is 16.4 Å². The monoisotopic (exact) mass is 224 g/mol. The number of aliphatic hydroxyl groups is 2. The van der Waals surface area contributed by atoms with Gasteiger partial charge in [-0.3, -0.25) is 4.68 Å². The van der Waals surface area contributed by atoms with Crippen molar-refractivity contribution in [3.63, 3.8) is 0 Å². The number of nitrogens with zero attached hydrogens (tertiary/aromatic N) is 2. The van der Waals surface area contributed by atoms with Crippen LogP contribution in [0, 0.1) is 0 Å². The molecule has 5 heteroatoms. The topological polar surface area (TPSA) is 58.3 Å². The molecule has 0 aromatic carbocycles. The van der Waals surface area contributed by atoms with Crippen LogP contribution in [0.25, 0.3) is 11.3 Å². The summed E-state index contributed by atoms with van der Waals surface area (Å²) in [6, 6.07) is 3.77. The van der Waals surface area contributed by atoms with E-state index in [0.29, 0.717) is 5.69 Å². The molecule has 0 radical (unpaired) electrons. The minimum absolute atomic E-state index is 0.289. The number of aryl methyl sites for hydroxylation is 1. The molecule has 2 heterocycles. The molecule has 0 bridgehead atoms. The lowest BCUT2D eigenvalue weighted by Gasteiger charge is -2.05. The van der Waals surface area contributed by atoms with E-state index in [1.54, 1.807) is 29.1 Å². The number of aromatic nitrogens is 2. The Kier molecular flexibility index (Phi) is 2.86. The first kappa shape index (κ1) is 10.4. The van der Waals surface area contributed by atoms with Gasteiger partial charge in [0.25, 0.3) is 0 Å². The Hall–Kier alpha value is -1.17. The highest BCUT2D eigenvalue weighted by Gasteiger charge is 2.13. The van der Waals surface area contributed by atoms with Crippen molar-refractivity contribution < 1.29 is 10.2 Å². The van der Waals surface area contributed by atoms with Gasteiger partial charge in [0.05, 0.1) is 18.0 Å². The first-order chi connectivity index (χ1) is 7.22. The van der Waals surface area contributed by atoms with E-state index in [1.165, 1.54) is 0 Å². The molecule has 15 heavy (non-hydrogen) atoms. The molecule has 1 atom stereocenters. The minimum Gasteiger partial charge on any atom is -0.393 e. The molecule has 0 saturated heterocycles. The Labute approximate surface area is 91.4 Å². The molecule has 80 valence electrons. The summed E-state index contributed by atoms with van der Waals surface area (Å²) in [5.74, 6) is 0. The molecule has 4 nitrogen and oxygen atoms in total. The molecular formula is C10H12N2O2S. The van der Waals surface area contributed by atoms with E-state index in [4.69, 9.17) is 5.11 Å². The molecule has 0 fully saturated rings. The summed E-state index contributed by atoms with van der Waals surface area (Å²) in [5, 5.41) is 26.6. The SMILES string of the molecule is Cn1nc(-c2ccsc2)cc1C(O)CO. The average molecular weight is 224 g/mol. The zero-order valence-electron chi connectivity index (χ0n) is 8.29. The van der Waals surface area contributed by atoms with Gasteiger partial charge in [-0.25, -0.2) is 0 Å². The van der Waals surface area contributed by atoms with E-state index < -0.39 is 6.10 Å². The largest absolute Gasteiger partial charge is 0.393 e. The van der Waals surface area contributed by atoms with Gasteiger partial charge in [-0.1, -0.05) is 0 Å². The number of hydrogen-bond donors (Lipinski definition) is 2. The van der Waals surface area contributed by atoms with Crippen LogP contribution in [0.3, 0.4) is 0 Å². The zero-order valence-corrected chi connectivity index (χ0v) is 9.11. The van der Waals surface area contributed by atoms with Gasteiger partial charge in [0.1, 0.15) is 6.10 Å². The Morgan fingerprint density at radius 2 is 2.40 bits per heavy atom. The second-order valence-electron chi connectivity index (χ2n) is 3.29. The van der Waals surface area contributed by atoms with Crippen LogP contribution >= 0.6 is 11.3 Å². The smallest absolute Gasteiger partial charge is 0.119 e. The summed E-state index contributed by atoms with van der Waals surface area (Å²) in [7, 11) is 1.75. The summed E-state index contributed by atoms with van der Waals surface area (Å²) >= 11 is 1.60. The maximum Gasteiger partial charge on any atom is 0.119 e. The van der Waals surface area contributed by atoms with Crippen LogP contribution in [0.1, 0.15) is 11.8 Å². The van der Waals surface area contributed by atoms with Crippen molar-refractivity contribution in [2.45, 2.75) is 6.10 Å². The van der Waals surface area contributed by atoms with Gasteiger partial charge in [-0.15, -0.1) is 0 Å². The minimum atomic E-state index is -0.866. The summed E-state index contributed by atoms with van der Waals surface area (Å²) < 4.78 is 1.59. The molecule has 2 N–H and O–H groups in total. The van der Waals surface area contributed by atoms with Gasteiger partial charge < -0.3 is 10.2 Å². The normalized spacial score (nSPS) is 13.0. The fraction of sp³-hybridized carbons (Fsp3) is 0.300. The van der Waals surface area contributed by atoms with Crippen LogP contribution in [0.2, 0.25) is 0 Å². The van der Waals surface area contributed by atoms with Crippen LogP contribution in [-0.4, -0.2) is 26.6 Å². The van der Waals surface area contributed by atoms with Gasteiger partial charge >= 0.3 is 0 Å². The van der Waals surface area contributed by atoms with Crippen LogP contribution in [0.4, 0.5) is 0 Å². The molecule has 2 aromatic rings. The van der Waals surface area contributed by atoms with E-state index in [9.17, 15) is 5.11 Å². The predicted octanol–water partition coefficient (Wildman–Crippen LogP) is 1.17. The highest BCUT2D eigenvalue weighted by molar-refractivity contribution is 7.08. The maximum absolute atomic E-state index is 9.51. The molecule has 0 saturated carbocycles. The van der Waals surface area contributed by atoms with E-state index >= 15 is 0 Å². The summed E-state index contributed by atoms with van der Waals surface area (Å²) in [6.07, 6.45) is -0.866. The molecule has 0 aliphatic heterocycles. The van der Waals surface area contributed by atoms with E-state index in [0.717, 1.165) is 11.3 Å². The second kappa shape index (κ2) is 4.14. The summed E-state index contributed by atoms with van der Waals surface area (Å²) in [6.45, 7) is -0.289. The van der Waals surface area contributed by atoms with E-state index in [2.05, 4.69) is 5.10 Å². The Bertz CT molecular complexity index is 436. The molecule has 1 unspecified atom stereocenters. The fourth-order valence-electron chi connectivity index (χ4n) is 1.44. The Morgan fingerprint density at radius 1 is 1.60 bits per heavy atom. The highest BCUT2D eigenvalue weighted by Crippen LogP contribution is 2.23. The first-order valence-electron chi connectivity index (χ1n) is 4.58. The van der Waals surface area contributed by atoms with Gasteiger partial charge in [0, 0.05) is 18.0 Å². The van der Waals surface area contributed by atoms with Gasteiger partial charge in [0.2, 0.25) is 0 Å². The highest BCUT2D eigenvalue weighted by atomic mass is 32.1. The van der Waals surface area contributed by atoms with Crippen LogP contribution < -0.4 is 0 Å². The predicted molar refractivity (Wildman–Crippen MR) is 58.6 cm³/mol. The van der Waals surface area contributed by atoms with Crippen molar-refractivity contribution in [3.05, 3.63) is 28.6 Å². The van der Waals surface area contributed by atoms with E-state index in [-0.39, 0.29) is 6.61 Å². The average Bonchev–Trinajstić information content (AvgIpc) is 2.84. The number of rotatable bonds is 3. The molecule has 2 rings (SSSR count). The number of thiophene rings is 1. The number of aliphatic hydroxyl groups excluding tert-OH is 2. The van der Waals surface area contributed by atoms with Crippen molar-refractivity contribution in [1.82, 2.24) is 9.78 Å². The molecule has 0 aliphatic carbocycles. The lowest BCUT2D eigenvalue weighted by Crippen LogP contribution is -2.08. The fourth-order valence-corrected chi connectivity index (χ4v) is 2.09. The Morgan fingerprint density at radius 3 is 3.00 bits per heavy atom. The van der Waals surface area contributed by atoms with Gasteiger partial charge in [0.15, 0.2) is 0 Å². The van der Waals surface area contributed by atoms with Crippen molar-refractivity contribution in [3.8, 4) is 11.3 Å². The third-order valence-electron chi connectivity index (χ3n) is 2.25. The third kappa shape index (κ3) is 1.94. The van der Waals surface area contributed by atoms with E-state index in [1.807, 2.05) is 16.8 Å². The van der Waals surface area contributed by atoms with Crippen LogP contribution in [0.5, 0.6) is 0 Å². The molecule has 0 amide bonds. The maximum atomic E-state index is 9.51. The lowest BCUT2D eigenvalue weighted by molar-refractivity contribution is 0.0891. The standard InChI is InChI=1S/C10H12N2O2S/c1-12-9(10(14)5-13)4-8(11-12)7-2-3-15-6-7/h2-4,6,10,13-14H,5H2,1H3. The summed E-state index contributed by atoms with van der Waals surface area (Å²) in [4.78, 5) is 0. The van der Waals surface area contributed by atoms with Crippen molar-refractivity contribution in [2.24, 2.45) is 7.05 Å².